The van der Waals surface area contributed by atoms with Crippen molar-refractivity contribution in [2.75, 3.05) is 0 Å². The predicted molar refractivity (Wildman–Crippen MR) is 52.5 cm³/mol. The first-order valence-corrected chi connectivity index (χ1v) is 5.03. The maximum absolute atomic E-state index is 5.77. The molecule has 3 heteroatoms. The van der Waals surface area contributed by atoms with E-state index in [-0.39, 0.29) is 6.04 Å². The number of aromatic nitrogens is 2. The Kier molecular flexibility index (Phi) is 2.36. The van der Waals surface area contributed by atoms with Gasteiger partial charge in [0.1, 0.15) is 0 Å². The smallest absolute Gasteiger partial charge is 0.0950 e. The summed E-state index contributed by atoms with van der Waals surface area (Å²) >= 11 is 0. The molecule has 0 amide bonds. The van der Waals surface area contributed by atoms with Crippen molar-refractivity contribution >= 4 is 0 Å². The minimum Gasteiger partial charge on any atom is -0.331 e. The first kappa shape index (κ1) is 8.75. The van der Waals surface area contributed by atoms with Crippen molar-refractivity contribution in [3.8, 4) is 0 Å². The molecular formula is C10H17N3. The quantitative estimate of drug-likeness (QED) is 0.764. The fraction of sp³-hybridized carbons (Fsp3) is 0.700. The zero-order valence-electron chi connectivity index (χ0n) is 8.11. The molecule has 3 nitrogen and oxygen atoms in total. The van der Waals surface area contributed by atoms with Gasteiger partial charge in [0.2, 0.25) is 0 Å². The maximum Gasteiger partial charge on any atom is 0.0950 e. The summed E-state index contributed by atoms with van der Waals surface area (Å²) in [6.45, 7) is 2.04. The highest BCUT2D eigenvalue weighted by Gasteiger charge is 2.21. The van der Waals surface area contributed by atoms with E-state index in [1.807, 2.05) is 19.4 Å². The fourth-order valence-corrected chi connectivity index (χ4v) is 1.81. The Balaban J connectivity index is 2.10. The van der Waals surface area contributed by atoms with Crippen LogP contribution in [0.4, 0.5) is 0 Å². The monoisotopic (exact) mass is 179 g/mol. The Morgan fingerprint density at radius 3 is 3.00 bits per heavy atom. The van der Waals surface area contributed by atoms with E-state index in [1.54, 1.807) is 0 Å². The highest BCUT2D eigenvalue weighted by molar-refractivity contribution is 5.03. The lowest BCUT2D eigenvalue weighted by Gasteiger charge is -2.28. The molecule has 1 aliphatic rings. The molecule has 0 aliphatic heterocycles. The second kappa shape index (κ2) is 3.50. The third kappa shape index (κ3) is 1.75. The van der Waals surface area contributed by atoms with E-state index in [4.69, 9.17) is 5.73 Å². The van der Waals surface area contributed by atoms with Gasteiger partial charge in [0.15, 0.2) is 0 Å². The summed E-state index contributed by atoms with van der Waals surface area (Å²) in [5, 5.41) is 0. The summed E-state index contributed by atoms with van der Waals surface area (Å²) in [6.07, 6.45) is 8.81. The van der Waals surface area contributed by atoms with Gasteiger partial charge in [-0.15, -0.1) is 0 Å². The van der Waals surface area contributed by atoms with Crippen LogP contribution in [0.3, 0.4) is 0 Å². The van der Waals surface area contributed by atoms with E-state index in [1.165, 1.54) is 25.0 Å². The molecule has 1 heterocycles. The Labute approximate surface area is 79.0 Å². The van der Waals surface area contributed by atoms with Crippen LogP contribution >= 0.6 is 0 Å². The van der Waals surface area contributed by atoms with Crippen molar-refractivity contribution in [1.29, 1.82) is 0 Å². The predicted octanol–water partition coefficient (Wildman–Crippen LogP) is 1.50. The van der Waals surface area contributed by atoms with Gasteiger partial charge in [-0.1, -0.05) is 0 Å². The Morgan fingerprint density at radius 1 is 1.69 bits per heavy atom. The molecule has 13 heavy (non-hydrogen) atoms. The van der Waals surface area contributed by atoms with Crippen LogP contribution in [0.2, 0.25) is 0 Å². The number of nitrogens with two attached hydrogens (primary N) is 1. The van der Waals surface area contributed by atoms with Gasteiger partial charge in [-0.25, -0.2) is 4.98 Å². The highest BCUT2D eigenvalue weighted by Crippen LogP contribution is 2.32. The number of nitrogens with zero attached hydrogens (tertiary/aromatic N) is 2. The molecule has 1 aliphatic carbocycles. The molecule has 1 aromatic heterocycles. The summed E-state index contributed by atoms with van der Waals surface area (Å²) in [5.74, 6) is 0. The van der Waals surface area contributed by atoms with Crippen LogP contribution in [-0.2, 0) is 6.42 Å². The number of imidazole rings is 1. The molecular weight excluding hydrogens is 162 g/mol. The second-order valence-corrected chi connectivity index (χ2v) is 4.06. The van der Waals surface area contributed by atoms with Crippen LogP contribution in [0.1, 0.15) is 37.9 Å². The van der Waals surface area contributed by atoms with Crippen LogP contribution in [-0.4, -0.2) is 15.6 Å². The van der Waals surface area contributed by atoms with E-state index in [2.05, 4.69) is 9.55 Å². The molecule has 0 bridgehead atoms. The summed E-state index contributed by atoms with van der Waals surface area (Å²) < 4.78 is 2.30. The van der Waals surface area contributed by atoms with Crippen molar-refractivity contribution in [3.05, 3.63) is 18.2 Å². The molecule has 0 radical (unpaired) electrons. The van der Waals surface area contributed by atoms with Gasteiger partial charge in [-0.2, -0.15) is 0 Å². The van der Waals surface area contributed by atoms with E-state index >= 15 is 0 Å². The molecule has 72 valence electrons. The van der Waals surface area contributed by atoms with Crippen molar-refractivity contribution in [2.45, 2.75) is 44.7 Å². The third-order valence-electron chi connectivity index (χ3n) is 2.75. The van der Waals surface area contributed by atoms with Gasteiger partial charge in [0.05, 0.1) is 6.33 Å². The lowest BCUT2D eigenvalue weighted by Crippen LogP contribution is -2.23. The summed E-state index contributed by atoms with van der Waals surface area (Å²) in [4.78, 5) is 4.19. The Morgan fingerprint density at radius 2 is 2.46 bits per heavy atom. The molecule has 1 saturated carbocycles. The van der Waals surface area contributed by atoms with Crippen LogP contribution in [0.5, 0.6) is 0 Å². The maximum atomic E-state index is 5.77. The Hall–Kier alpha value is -0.830. The molecule has 1 aromatic rings. The standard InChI is InChI=1S/C10H17N3/c1-8(11)5-10-6-12-7-13(10)9-3-2-4-9/h6-9H,2-5,11H2,1H3. The normalized spacial score (nSPS) is 19.8. The van der Waals surface area contributed by atoms with Crippen LogP contribution in [0, 0.1) is 0 Å². The lowest BCUT2D eigenvalue weighted by molar-refractivity contribution is 0.306. The first-order valence-electron chi connectivity index (χ1n) is 5.03. The van der Waals surface area contributed by atoms with Crippen LogP contribution in [0.25, 0.3) is 0 Å². The van der Waals surface area contributed by atoms with Crippen molar-refractivity contribution < 1.29 is 0 Å². The number of rotatable bonds is 3. The van der Waals surface area contributed by atoms with Crippen molar-refractivity contribution in [1.82, 2.24) is 9.55 Å². The number of hydrogen-bond acceptors (Lipinski definition) is 2. The minimum atomic E-state index is 0.232. The fourth-order valence-electron chi connectivity index (χ4n) is 1.81. The average molecular weight is 179 g/mol. The van der Waals surface area contributed by atoms with E-state index in [0.29, 0.717) is 6.04 Å². The Bertz CT molecular complexity index is 273. The van der Waals surface area contributed by atoms with Crippen LogP contribution < -0.4 is 5.73 Å². The molecule has 1 unspecified atom stereocenters. The van der Waals surface area contributed by atoms with Gasteiger partial charge >= 0.3 is 0 Å². The van der Waals surface area contributed by atoms with Gasteiger partial charge in [-0.3, -0.25) is 0 Å². The molecule has 0 saturated heterocycles. The molecule has 2 N–H and O–H groups in total. The topological polar surface area (TPSA) is 43.8 Å². The third-order valence-corrected chi connectivity index (χ3v) is 2.75. The van der Waals surface area contributed by atoms with E-state index in [9.17, 15) is 0 Å². The molecule has 0 aromatic carbocycles. The van der Waals surface area contributed by atoms with Gasteiger partial charge in [0, 0.05) is 30.4 Å². The molecule has 1 fully saturated rings. The second-order valence-electron chi connectivity index (χ2n) is 4.06. The van der Waals surface area contributed by atoms with Gasteiger partial charge < -0.3 is 10.3 Å². The van der Waals surface area contributed by atoms with Crippen molar-refractivity contribution in [3.63, 3.8) is 0 Å². The zero-order chi connectivity index (χ0) is 9.26. The van der Waals surface area contributed by atoms with Gasteiger partial charge in [0.25, 0.3) is 0 Å². The zero-order valence-corrected chi connectivity index (χ0v) is 8.11. The van der Waals surface area contributed by atoms with Crippen molar-refractivity contribution in [2.24, 2.45) is 5.73 Å². The molecule has 2 rings (SSSR count). The van der Waals surface area contributed by atoms with Gasteiger partial charge in [-0.05, 0) is 26.2 Å². The van der Waals surface area contributed by atoms with E-state index in [0.717, 1.165) is 6.42 Å². The summed E-state index contributed by atoms with van der Waals surface area (Å²) in [7, 11) is 0. The summed E-state index contributed by atoms with van der Waals surface area (Å²) in [5.41, 5.74) is 7.06. The largest absolute Gasteiger partial charge is 0.331 e. The van der Waals surface area contributed by atoms with Crippen LogP contribution in [0.15, 0.2) is 12.5 Å². The summed E-state index contributed by atoms with van der Waals surface area (Å²) in [6, 6.07) is 0.937. The average Bonchev–Trinajstić information content (AvgIpc) is 2.32. The minimum absolute atomic E-state index is 0.232. The first-order chi connectivity index (χ1) is 6.27. The van der Waals surface area contributed by atoms with E-state index < -0.39 is 0 Å². The molecule has 0 spiro atoms. The lowest BCUT2D eigenvalue weighted by atomic mass is 9.92. The highest BCUT2D eigenvalue weighted by atomic mass is 15.1. The number of hydrogen-bond donors (Lipinski definition) is 1. The SMILES string of the molecule is CC(N)Cc1cncn1C1CCC1. The molecule has 1 atom stereocenters.